The van der Waals surface area contributed by atoms with Gasteiger partial charge in [-0.05, 0) is 42.6 Å². The van der Waals surface area contributed by atoms with E-state index in [1.807, 2.05) is 30.3 Å². The van der Waals surface area contributed by atoms with Gasteiger partial charge in [0.15, 0.2) is 11.5 Å². The number of phenols is 2. The second-order valence-electron chi connectivity index (χ2n) is 6.11. The number of fused-ring (bicyclic) bond motifs is 1. The fourth-order valence-electron chi connectivity index (χ4n) is 2.91. The van der Waals surface area contributed by atoms with Gasteiger partial charge in [-0.15, -0.1) is 10.2 Å². The Morgan fingerprint density at radius 3 is 2.41 bits per heavy atom. The number of anilines is 1. The van der Waals surface area contributed by atoms with Gasteiger partial charge < -0.3 is 15.9 Å². The van der Waals surface area contributed by atoms with Gasteiger partial charge in [-0.2, -0.15) is 5.10 Å². The number of nitrogens with zero attached hydrogens (tertiary/aromatic N) is 4. The van der Waals surface area contributed by atoms with Crippen LogP contribution >= 0.6 is 0 Å². The van der Waals surface area contributed by atoms with E-state index in [9.17, 15) is 10.2 Å². The summed E-state index contributed by atoms with van der Waals surface area (Å²) in [4.78, 5) is 0. The van der Waals surface area contributed by atoms with Gasteiger partial charge in [0, 0.05) is 5.39 Å². The Labute approximate surface area is 155 Å². The first kappa shape index (κ1) is 16.6. The monoisotopic (exact) mass is 359 g/mol. The molecule has 0 saturated carbocycles. The first-order chi connectivity index (χ1) is 13.0. The summed E-state index contributed by atoms with van der Waals surface area (Å²) in [5.41, 5.74) is 8.34. The molecule has 0 spiro atoms. The maximum atomic E-state index is 10.2. The van der Waals surface area contributed by atoms with Gasteiger partial charge in [0.25, 0.3) is 0 Å². The van der Waals surface area contributed by atoms with Crippen molar-refractivity contribution >= 4 is 28.0 Å². The van der Waals surface area contributed by atoms with Gasteiger partial charge in [-0.3, -0.25) is 0 Å². The van der Waals surface area contributed by atoms with Crippen LogP contribution in [-0.2, 0) is 0 Å². The lowest BCUT2D eigenvalue weighted by molar-refractivity contribution is 0.475. The molecule has 0 bridgehead atoms. The summed E-state index contributed by atoms with van der Waals surface area (Å²) < 4.78 is 1.60. The fraction of sp³-hybridized carbons (Fsp3) is 0.0500. The second-order valence-corrected chi connectivity index (χ2v) is 6.11. The smallest absolute Gasteiger partial charge is 0.155 e. The summed E-state index contributed by atoms with van der Waals surface area (Å²) in [5.74, 6) is 0.394. The minimum atomic E-state index is -0.0384. The van der Waals surface area contributed by atoms with Crippen molar-refractivity contribution in [2.45, 2.75) is 6.92 Å². The average Bonchev–Trinajstić information content (AvgIpc) is 2.96. The number of rotatable bonds is 3. The topological polar surface area (TPSA) is 109 Å². The summed E-state index contributed by atoms with van der Waals surface area (Å²) in [5, 5.41) is 34.3. The van der Waals surface area contributed by atoms with Gasteiger partial charge >= 0.3 is 0 Å². The summed E-state index contributed by atoms with van der Waals surface area (Å²) in [6.45, 7) is 1.79. The first-order valence-electron chi connectivity index (χ1n) is 8.31. The molecule has 4 N–H and O–H groups in total. The molecule has 0 aliphatic heterocycles. The Hall–Kier alpha value is -3.87. The molecule has 1 heterocycles. The number of para-hydroxylation sites is 1. The normalized spacial score (nSPS) is 11.4. The summed E-state index contributed by atoms with van der Waals surface area (Å²) >= 11 is 0. The number of aryl methyl sites for hydroxylation is 1. The number of hydrogen-bond donors (Lipinski definition) is 3. The molecule has 7 heteroatoms. The predicted octanol–water partition coefficient (Wildman–Crippen LogP) is 4.74. The van der Waals surface area contributed by atoms with Crippen LogP contribution in [0.25, 0.3) is 16.5 Å². The van der Waals surface area contributed by atoms with Gasteiger partial charge in [0.05, 0.1) is 11.4 Å². The third-order valence-corrected chi connectivity index (χ3v) is 4.27. The summed E-state index contributed by atoms with van der Waals surface area (Å²) in [7, 11) is 0. The van der Waals surface area contributed by atoms with Gasteiger partial charge in [0.2, 0.25) is 0 Å². The van der Waals surface area contributed by atoms with Crippen molar-refractivity contribution in [2.24, 2.45) is 10.2 Å². The molecule has 0 aliphatic rings. The maximum Gasteiger partial charge on any atom is 0.155 e. The zero-order valence-electron chi connectivity index (χ0n) is 14.5. The minimum absolute atomic E-state index is 0.0384. The zero-order valence-corrected chi connectivity index (χ0v) is 14.5. The molecule has 0 amide bonds. The fourth-order valence-corrected chi connectivity index (χ4v) is 2.91. The van der Waals surface area contributed by atoms with E-state index in [4.69, 9.17) is 5.73 Å². The van der Waals surface area contributed by atoms with Crippen LogP contribution in [0.15, 0.2) is 70.9 Å². The van der Waals surface area contributed by atoms with Gasteiger partial charge in [-0.25, -0.2) is 4.68 Å². The van der Waals surface area contributed by atoms with Crippen LogP contribution < -0.4 is 5.73 Å². The molecule has 0 atom stereocenters. The van der Waals surface area contributed by atoms with E-state index < -0.39 is 0 Å². The Kier molecular flexibility index (Phi) is 3.97. The maximum absolute atomic E-state index is 10.2. The third kappa shape index (κ3) is 2.95. The van der Waals surface area contributed by atoms with E-state index in [0.717, 1.165) is 11.1 Å². The highest BCUT2D eigenvalue weighted by molar-refractivity contribution is 5.96. The van der Waals surface area contributed by atoms with Crippen LogP contribution in [0, 0.1) is 6.92 Å². The number of aromatic hydroxyl groups is 2. The lowest BCUT2D eigenvalue weighted by atomic mass is 10.1. The number of azo groups is 1. The molecule has 0 saturated heterocycles. The predicted molar refractivity (Wildman–Crippen MR) is 104 cm³/mol. The molecule has 0 fully saturated rings. The third-order valence-electron chi connectivity index (χ3n) is 4.27. The standard InChI is InChI=1S/C20H17N5O2/c1-12-18(20(21)25(24-12)14-5-3-2-4-6-14)22-23-19-16-11-15(26)9-7-13(16)8-10-17(19)27/h2-11,26-27H,21H2,1H3. The molecule has 4 aromatic rings. The first-order valence-corrected chi connectivity index (χ1v) is 8.31. The molecule has 0 radical (unpaired) electrons. The number of benzene rings is 3. The minimum Gasteiger partial charge on any atom is -0.508 e. The highest BCUT2D eigenvalue weighted by Gasteiger charge is 2.14. The van der Waals surface area contributed by atoms with Crippen molar-refractivity contribution in [1.82, 2.24) is 9.78 Å². The SMILES string of the molecule is Cc1nn(-c2ccccc2)c(N)c1N=Nc1c(O)ccc2ccc(O)cc12. The van der Waals surface area contributed by atoms with Crippen molar-refractivity contribution in [3.63, 3.8) is 0 Å². The van der Waals surface area contributed by atoms with E-state index >= 15 is 0 Å². The average molecular weight is 359 g/mol. The summed E-state index contributed by atoms with van der Waals surface area (Å²) in [6.07, 6.45) is 0. The Morgan fingerprint density at radius 2 is 1.63 bits per heavy atom. The Bertz CT molecular complexity index is 1160. The van der Waals surface area contributed by atoms with Crippen molar-refractivity contribution in [1.29, 1.82) is 0 Å². The van der Waals surface area contributed by atoms with E-state index in [2.05, 4.69) is 15.3 Å². The van der Waals surface area contributed by atoms with Crippen molar-refractivity contribution in [3.05, 3.63) is 66.4 Å². The van der Waals surface area contributed by atoms with E-state index in [-0.39, 0.29) is 17.2 Å². The lowest BCUT2D eigenvalue weighted by Crippen LogP contribution is -2.01. The number of hydrogen-bond acceptors (Lipinski definition) is 6. The number of nitrogen functional groups attached to an aromatic ring is 1. The van der Waals surface area contributed by atoms with Crippen LogP contribution in [0.2, 0.25) is 0 Å². The Morgan fingerprint density at radius 1 is 0.926 bits per heavy atom. The molecule has 0 unspecified atom stereocenters. The van der Waals surface area contributed by atoms with Gasteiger partial charge in [-0.1, -0.05) is 30.3 Å². The molecular formula is C20H17N5O2. The molecule has 3 aromatic carbocycles. The molecule has 4 rings (SSSR count). The largest absolute Gasteiger partial charge is 0.508 e. The van der Waals surface area contributed by atoms with Crippen molar-refractivity contribution in [2.75, 3.05) is 5.73 Å². The number of phenolic OH excluding ortho intramolecular Hbond substituents is 2. The quantitative estimate of drug-likeness (QED) is 0.459. The van der Waals surface area contributed by atoms with Crippen molar-refractivity contribution in [3.8, 4) is 17.2 Å². The van der Waals surface area contributed by atoms with Crippen LogP contribution in [0.1, 0.15) is 5.69 Å². The highest BCUT2D eigenvalue weighted by Crippen LogP contribution is 2.38. The zero-order chi connectivity index (χ0) is 19.0. The highest BCUT2D eigenvalue weighted by atomic mass is 16.3. The van der Waals surface area contributed by atoms with Crippen LogP contribution in [0.5, 0.6) is 11.5 Å². The number of nitrogens with two attached hydrogens (primary N) is 1. The number of aromatic nitrogens is 2. The molecule has 1 aromatic heterocycles. The van der Waals surface area contributed by atoms with E-state index in [1.165, 1.54) is 12.1 Å². The molecule has 27 heavy (non-hydrogen) atoms. The summed E-state index contributed by atoms with van der Waals surface area (Å²) in [6, 6.07) is 17.6. The molecular weight excluding hydrogens is 342 g/mol. The Balaban J connectivity index is 1.81. The lowest BCUT2D eigenvalue weighted by Gasteiger charge is -2.05. The van der Waals surface area contributed by atoms with E-state index in [0.29, 0.717) is 22.6 Å². The van der Waals surface area contributed by atoms with Crippen molar-refractivity contribution < 1.29 is 10.2 Å². The molecule has 7 nitrogen and oxygen atoms in total. The second kappa shape index (κ2) is 6.45. The van der Waals surface area contributed by atoms with Crippen LogP contribution in [0.4, 0.5) is 17.2 Å². The molecule has 0 aliphatic carbocycles. The molecule has 134 valence electrons. The van der Waals surface area contributed by atoms with Crippen LogP contribution in [0.3, 0.4) is 0 Å². The van der Waals surface area contributed by atoms with Gasteiger partial charge in [0.1, 0.15) is 17.2 Å². The van der Waals surface area contributed by atoms with Crippen LogP contribution in [-0.4, -0.2) is 20.0 Å². The van der Waals surface area contributed by atoms with E-state index in [1.54, 1.807) is 29.8 Å².